The minimum Gasteiger partial charge on any atom is -0.490 e. The van der Waals surface area contributed by atoms with Gasteiger partial charge in [0.1, 0.15) is 6.54 Å². The summed E-state index contributed by atoms with van der Waals surface area (Å²) in [6.07, 6.45) is 0. The lowest BCUT2D eigenvalue weighted by Gasteiger charge is -2.24. The molecule has 0 spiro atoms. The average molecular weight is 483 g/mol. The normalized spacial score (nSPS) is 11.0. The van der Waals surface area contributed by atoms with Gasteiger partial charge in [-0.1, -0.05) is 36.4 Å². The molecule has 0 saturated heterocycles. The highest BCUT2D eigenvalue weighted by atomic mass is 32.2. The topological polar surface area (TPSA) is 84.9 Å². The first kappa shape index (κ1) is 25.1. The SMILES string of the molecule is CCOc1ccc(CNC(=O)CN(c2cccc(C)c2)S(=O)(=O)c2ccccc2)cc1OCC. The monoisotopic (exact) mass is 482 g/mol. The Morgan fingerprint density at radius 1 is 0.882 bits per heavy atom. The molecule has 0 heterocycles. The number of nitrogens with one attached hydrogen (secondary N) is 1. The van der Waals surface area contributed by atoms with E-state index in [2.05, 4.69) is 5.32 Å². The third-order valence-electron chi connectivity index (χ3n) is 5.01. The van der Waals surface area contributed by atoms with Gasteiger partial charge in [-0.25, -0.2) is 8.42 Å². The van der Waals surface area contributed by atoms with Crippen LogP contribution in [-0.2, 0) is 21.4 Å². The third kappa shape index (κ3) is 6.29. The summed E-state index contributed by atoms with van der Waals surface area (Å²) in [6.45, 7) is 6.53. The Labute approximate surface area is 201 Å². The number of rotatable bonds is 11. The second kappa shape index (κ2) is 11.6. The molecule has 0 aliphatic heterocycles. The van der Waals surface area contributed by atoms with Crippen LogP contribution in [0.3, 0.4) is 0 Å². The van der Waals surface area contributed by atoms with E-state index in [0.29, 0.717) is 30.4 Å². The van der Waals surface area contributed by atoms with Gasteiger partial charge in [-0.3, -0.25) is 9.10 Å². The molecule has 0 aliphatic rings. The van der Waals surface area contributed by atoms with E-state index in [1.54, 1.807) is 42.5 Å². The number of carbonyl (C=O) groups is 1. The maximum atomic E-state index is 13.4. The largest absolute Gasteiger partial charge is 0.490 e. The molecule has 3 rings (SSSR count). The molecule has 3 aromatic carbocycles. The zero-order valence-electron chi connectivity index (χ0n) is 19.7. The Kier molecular flexibility index (Phi) is 8.54. The standard InChI is InChI=1S/C26H30N2O5S/c1-4-32-24-15-14-21(17-25(24)33-5-2)18-27-26(29)19-28(22-11-9-10-20(3)16-22)34(30,31)23-12-7-6-8-13-23/h6-17H,4-5,18-19H2,1-3H3,(H,27,29). The highest BCUT2D eigenvalue weighted by molar-refractivity contribution is 7.92. The Hall–Kier alpha value is -3.52. The minimum absolute atomic E-state index is 0.122. The van der Waals surface area contributed by atoms with E-state index in [-0.39, 0.29) is 18.0 Å². The molecule has 0 aliphatic carbocycles. The van der Waals surface area contributed by atoms with E-state index in [0.717, 1.165) is 15.4 Å². The summed E-state index contributed by atoms with van der Waals surface area (Å²) in [5, 5.41) is 2.82. The predicted octanol–water partition coefficient (Wildman–Crippen LogP) is 4.30. The predicted molar refractivity (Wildman–Crippen MR) is 133 cm³/mol. The zero-order chi connectivity index (χ0) is 24.6. The number of benzene rings is 3. The Morgan fingerprint density at radius 3 is 2.26 bits per heavy atom. The van der Waals surface area contributed by atoms with E-state index < -0.39 is 15.9 Å². The number of ether oxygens (including phenoxy) is 2. The molecular weight excluding hydrogens is 452 g/mol. The number of anilines is 1. The maximum Gasteiger partial charge on any atom is 0.264 e. The summed E-state index contributed by atoms with van der Waals surface area (Å²) in [5.41, 5.74) is 2.14. The van der Waals surface area contributed by atoms with Crippen molar-refractivity contribution in [3.05, 3.63) is 83.9 Å². The van der Waals surface area contributed by atoms with Crippen LogP contribution in [0.5, 0.6) is 11.5 Å². The Balaban J connectivity index is 1.79. The van der Waals surface area contributed by atoms with Gasteiger partial charge in [0.15, 0.2) is 11.5 Å². The summed E-state index contributed by atoms with van der Waals surface area (Å²) >= 11 is 0. The van der Waals surface area contributed by atoms with Crippen molar-refractivity contribution < 1.29 is 22.7 Å². The Bertz CT molecular complexity index is 1210. The van der Waals surface area contributed by atoms with Crippen LogP contribution in [0.4, 0.5) is 5.69 Å². The number of carbonyl (C=O) groups excluding carboxylic acids is 1. The highest BCUT2D eigenvalue weighted by Gasteiger charge is 2.27. The second-order valence-electron chi connectivity index (χ2n) is 7.59. The number of sulfonamides is 1. The van der Waals surface area contributed by atoms with Crippen molar-refractivity contribution in [3.63, 3.8) is 0 Å². The molecule has 0 aromatic heterocycles. The van der Waals surface area contributed by atoms with E-state index >= 15 is 0 Å². The first-order valence-electron chi connectivity index (χ1n) is 11.1. The number of hydrogen-bond donors (Lipinski definition) is 1. The lowest BCUT2D eigenvalue weighted by atomic mass is 10.2. The molecule has 0 fully saturated rings. The summed E-state index contributed by atoms with van der Waals surface area (Å²) in [6, 6.07) is 20.6. The van der Waals surface area contributed by atoms with Gasteiger partial charge in [-0.15, -0.1) is 0 Å². The maximum absolute atomic E-state index is 13.4. The average Bonchev–Trinajstić information content (AvgIpc) is 2.83. The summed E-state index contributed by atoms with van der Waals surface area (Å²) in [7, 11) is -3.94. The van der Waals surface area contributed by atoms with Crippen LogP contribution in [0.25, 0.3) is 0 Å². The van der Waals surface area contributed by atoms with Crippen molar-refractivity contribution in [1.82, 2.24) is 5.32 Å². The molecule has 1 N–H and O–H groups in total. The molecule has 0 radical (unpaired) electrons. The number of amides is 1. The summed E-state index contributed by atoms with van der Waals surface area (Å²) in [5.74, 6) is 0.816. The fourth-order valence-corrected chi connectivity index (χ4v) is 4.84. The number of nitrogens with zero attached hydrogens (tertiary/aromatic N) is 1. The van der Waals surface area contributed by atoms with Crippen LogP contribution in [0.1, 0.15) is 25.0 Å². The van der Waals surface area contributed by atoms with Gasteiger partial charge in [0.2, 0.25) is 5.91 Å². The van der Waals surface area contributed by atoms with Gasteiger partial charge >= 0.3 is 0 Å². The van der Waals surface area contributed by atoms with Crippen LogP contribution >= 0.6 is 0 Å². The molecule has 180 valence electrons. The van der Waals surface area contributed by atoms with Crippen molar-refractivity contribution in [1.29, 1.82) is 0 Å². The molecule has 0 saturated carbocycles. The number of aryl methyl sites for hydroxylation is 1. The fraction of sp³-hybridized carbons (Fsp3) is 0.269. The van der Waals surface area contributed by atoms with Crippen LogP contribution in [-0.4, -0.2) is 34.1 Å². The van der Waals surface area contributed by atoms with Crippen LogP contribution in [0.15, 0.2) is 77.7 Å². The lowest BCUT2D eigenvalue weighted by molar-refractivity contribution is -0.119. The van der Waals surface area contributed by atoms with Crippen LogP contribution in [0, 0.1) is 6.92 Å². The van der Waals surface area contributed by atoms with Crippen molar-refractivity contribution in [2.75, 3.05) is 24.1 Å². The molecule has 7 nitrogen and oxygen atoms in total. The quantitative estimate of drug-likeness (QED) is 0.440. The summed E-state index contributed by atoms with van der Waals surface area (Å²) in [4.78, 5) is 13.0. The summed E-state index contributed by atoms with van der Waals surface area (Å²) < 4.78 is 39.1. The molecule has 8 heteroatoms. The first-order chi connectivity index (χ1) is 16.3. The van der Waals surface area contributed by atoms with Gasteiger partial charge in [0, 0.05) is 6.54 Å². The minimum atomic E-state index is -3.94. The smallest absolute Gasteiger partial charge is 0.264 e. The fourth-order valence-electron chi connectivity index (χ4n) is 3.41. The second-order valence-corrected chi connectivity index (χ2v) is 9.45. The van der Waals surface area contributed by atoms with Crippen LogP contribution < -0.4 is 19.1 Å². The molecule has 1 amide bonds. The van der Waals surface area contributed by atoms with E-state index in [9.17, 15) is 13.2 Å². The molecule has 0 bridgehead atoms. The van der Waals surface area contributed by atoms with Crippen molar-refractivity contribution in [3.8, 4) is 11.5 Å². The molecule has 0 atom stereocenters. The van der Waals surface area contributed by atoms with Crippen molar-refractivity contribution in [2.45, 2.75) is 32.2 Å². The number of hydrogen-bond acceptors (Lipinski definition) is 5. The van der Waals surface area contributed by atoms with E-state index in [1.807, 2.05) is 39.0 Å². The van der Waals surface area contributed by atoms with Gasteiger partial charge in [0.25, 0.3) is 10.0 Å². The van der Waals surface area contributed by atoms with Crippen LogP contribution in [0.2, 0.25) is 0 Å². The lowest BCUT2D eigenvalue weighted by Crippen LogP contribution is -2.40. The van der Waals surface area contributed by atoms with E-state index in [4.69, 9.17) is 9.47 Å². The highest BCUT2D eigenvalue weighted by Crippen LogP contribution is 2.28. The first-order valence-corrected chi connectivity index (χ1v) is 12.6. The van der Waals surface area contributed by atoms with Crippen molar-refractivity contribution in [2.24, 2.45) is 0 Å². The Morgan fingerprint density at radius 2 is 1.59 bits per heavy atom. The van der Waals surface area contributed by atoms with Gasteiger partial charge in [-0.05, 0) is 68.3 Å². The molecule has 3 aromatic rings. The molecular formula is C26H30N2O5S. The molecule has 0 unspecified atom stereocenters. The van der Waals surface area contributed by atoms with Gasteiger partial charge in [0.05, 0.1) is 23.8 Å². The van der Waals surface area contributed by atoms with Gasteiger partial charge in [-0.2, -0.15) is 0 Å². The van der Waals surface area contributed by atoms with E-state index in [1.165, 1.54) is 12.1 Å². The van der Waals surface area contributed by atoms with Crippen molar-refractivity contribution >= 4 is 21.6 Å². The van der Waals surface area contributed by atoms with Gasteiger partial charge < -0.3 is 14.8 Å². The zero-order valence-corrected chi connectivity index (χ0v) is 20.5. The molecule has 34 heavy (non-hydrogen) atoms. The third-order valence-corrected chi connectivity index (χ3v) is 6.79.